The minimum absolute atomic E-state index is 0.000617. The zero-order chi connectivity index (χ0) is 15.8. The molecule has 0 spiro atoms. The highest BCUT2D eigenvalue weighted by Crippen LogP contribution is 2.36. The van der Waals surface area contributed by atoms with E-state index < -0.39 is 27.6 Å². The lowest BCUT2D eigenvalue weighted by atomic mass is 10.1. The number of carboxylic acid groups (broad SMARTS) is 1. The maximum Gasteiger partial charge on any atom is 0.417 e. The first-order valence-corrected chi connectivity index (χ1v) is 6.79. The van der Waals surface area contributed by atoms with Gasteiger partial charge in [-0.15, -0.1) is 23.2 Å². The zero-order valence-corrected chi connectivity index (χ0v) is 12.1. The van der Waals surface area contributed by atoms with Gasteiger partial charge >= 0.3 is 12.1 Å². The Kier molecular flexibility index (Phi) is 4.26. The van der Waals surface area contributed by atoms with Crippen LogP contribution in [0.15, 0.2) is 12.3 Å². The second kappa shape index (κ2) is 5.53. The molecule has 0 atom stereocenters. The SMILES string of the molecule is O=C(O)c1cc(C(F)(F)F)cnc1N1CCC(Cl)(Cl)CC1. The van der Waals surface area contributed by atoms with E-state index in [0.29, 0.717) is 38.2 Å². The van der Waals surface area contributed by atoms with Gasteiger partial charge in [0.2, 0.25) is 0 Å². The Morgan fingerprint density at radius 1 is 1.33 bits per heavy atom. The molecular formula is C12H11Cl2F3N2O2. The predicted molar refractivity (Wildman–Crippen MR) is 72.1 cm³/mol. The summed E-state index contributed by atoms with van der Waals surface area (Å²) in [5, 5.41) is 9.10. The summed E-state index contributed by atoms with van der Waals surface area (Å²) in [6.45, 7) is 0.650. The normalized spacial score (nSPS) is 18.6. The van der Waals surface area contributed by atoms with E-state index in [1.807, 2.05) is 0 Å². The molecule has 1 fully saturated rings. The Morgan fingerprint density at radius 2 is 1.90 bits per heavy atom. The summed E-state index contributed by atoms with van der Waals surface area (Å²) in [4.78, 5) is 16.4. The van der Waals surface area contributed by atoms with Crippen LogP contribution in [0.3, 0.4) is 0 Å². The number of hydrogen-bond acceptors (Lipinski definition) is 3. The predicted octanol–water partition coefficient (Wildman–Crippen LogP) is 3.57. The van der Waals surface area contributed by atoms with Gasteiger partial charge in [0.05, 0.1) is 5.56 Å². The van der Waals surface area contributed by atoms with Crippen LogP contribution in [0.1, 0.15) is 28.8 Å². The third-order valence-corrected chi connectivity index (χ3v) is 3.97. The van der Waals surface area contributed by atoms with E-state index in [4.69, 9.17) is 28.3 Å². The minimum atomic E-state index is -4.64. The van der Waals surface area contributed by atoms with E-state index in [1.165, 1.54) is 0 Å². The largest absolute Gasteiger partial charge is 0.478 e. The molecule has 116 valence electrons. The van der Waals surface area contributed by atoms with Crippen molar-refractivity contribution in [1.82, 2.24) is 4.98 Å². The van der Waals surface area contributed by atoms with Crippen molar-refractivity contribution in [3.05, 3.63) is 23.4 Å². The Balaban J connectivity index is 2.34. The van der Waals surface area contributed by atoms with Crippen molar-refractivity contribution in [3.63, 3.8) is 0 Å². The summed E-state index contributed by atoms with van der Waals surface area (Å²) in [7, 11) is 0. The van der Waals surface area contributed by atoms with E-state index >= 15 is 0 Å². The fourth-order valence-electron chi connectivity index (χ4n) is 2.07. The monoisotopic (exact) mass is 342 g/mol. The molecule has 0 unspecified atom stereocenters. The molecule has 1 aliphatic rings. The lowest BCUT2D eigenvalue weighted by Gasteiger charge is -2.35. The minimum Gasteiger partial charge on any atom is -0.478 e. The summed E-state index contributed by atoms with van der Waals surface area (Å²) < 4.78 is 37.0. The van der Waals surface area contributed by atoms with Crippen LogP contribution in [0.25, 0.3) is 0 Å². The maximum absolute atomic E-state index is 12.6. The van der Waals surface area contributed by atoms with Crippen LogP contribution in [0, 0.1) is 0 Å². The van der Waals surface area contributed by atoms with E-state index in [2.05, 4.69) is 4.98 Å². The first-order valence-electron chi connectivity index (χ1n) is 6.03. The summed E-state index contributed by atoms with van der Waals surface area (Å²) in [6.07, 6.45) is -3.26. The molecule has 2 rings (SSSR count). The highest BCUT2D eigenvalue weighted by Gasteiger charge is 2.35. The first-order chi connectivity index (χ1) is 9.60. The van der Waals surface area contributed by atoms with Gasteiger partial charge in [-0.25, -0.2) is 9.78 Å². The zero-order valence-electron chi connectivity index (χ0n) is 10.6. The number of alkyl halides is 5. The molecule has 0 aromatic carbocycles. The molecule has 9 heteroatoms. The van der Waals surface area contributed by atoms with Gasteiger partial charge in [-0.1, -0.05) is 0 Å². The second-order valence-corrected chi connectivity index (χ2v) is 6.38. The number of carboxylic acids is 1. The van der Waals surface area contributed by atoms with Gasteiger partial charge in [-0.2, -0.15) is 13.2 Å². The van der Waals surface area contributed by atoms with Crippen molar-refractivity contribution in [1.29, 1.82) is 0 Å². The molecule has 0 radical (unpaired) electrons. The van der Waals surface area contributed by atoms with Crippen LogP contribution in [0.2, 0.25) is 0 Å². The van der Waals surface area contributed by atoms with Crippen molar-refractivity contribution in [3.8, 4) is 0 Å². The van der Waals surface area contributed by atoms with Crippen LogP contribution in [-0.2, 0) is 6.18 Å². The van der Waals surface area contributed by atoms with Gasteiger partial charge in [0, 0.05) is 19.3 Å². The maximum atomic E-state index is 12.6. The fraction of sp³-hybridized carbons (Fsp3) is 0.500. The molecule has 1 N–H and O–H groups in total. The van der Waals surface area contributed by atoms with Crippen LogP contribution >= 0.6 is 23.2 Å². The molecule has 2 heterocycles. The quantitative estimate of drug-likeness (QED) is 0.834. The first kappa shape index (κ1) is 16.2. The molecule has 0 saturated carbocycles. The number of aromatic nitrogens is 1. The standard InChI is InChI=1S/C12H11Cl2F3N2O2/c13-11(14)1-3-19(4-2-11)9-8(10(20)21)5-7(6-18-9)12(15,16)17/h5-6H,1-4H2,(H,20,21). The van der Waals surface area contributed by atoms with Crippen molar-refractivity contribution >= 4 is 35.0 Å². The molecule has 0 bridgehead atoms. The van der Waals surface area contributed by atoms with E-state index in [1.54, 1.807) is 4.90 Å². The van der Waals surface area contributed by atoms with Crippen LogP contribution in [0.4, 0.5) is 19.0 Å². The number of anilines is 1. The van der Waals surface area contributed by atoms with Crippen molar-refractivity contribution in [2.75, 3.05) is 18.0 Å². The lowest BCUT2D eigenvalue weighted by molar-refractivity contribution is -0.137. The van der Waals surface area contributed by atoms with Crippen LogP contribution < -0.4 is 4.90 Å². The lowest BCUT2D eigenvalue weighted by Crippen LogP contribution is -2.39. The number of halogens is 5. The highest BCUT2D eigenvalue weighted by atomic mass is 35.5. The molecule has 1 aromatic rings. The molecule has 0 amide bonds. The molecule has 0 aliphatic carbocycles. The Bertz CT molecular complexity index is 554. The van der Waals surface area contributed by atoms with Gasteiger partial charge in [0.15, 0.2) is 0 Å². The summed E-state index contributed by atoms with van der Waals surface area (Å²) in [5.74, 6) is -1.46. The summed E-state index contributed by atoms with van der Waals surface area (Å²) in [5.41, 5.74) is -1.58. The number of piperidine rings is 1. The third kappa shape index (κ3) is 3.71. The summed E-state index contributed by atoms with van der Waals surface area (Å²) in [6, 6.07) is 0.591. The van der Waals surface area contributed by atoms with Crippen LogP contribution in [0.5, 0.6) is 0 Å². The molecule has 4 nitrogen and oxygen atoms in total. The number of nitrogens with zero attached hydrogens (tertiary/aromatic N) is 2. The van der Waals surface area contributed by atoms with E-state index in [-0.39, 0.29) is 5.82 Å². The Labute approximate surface area is 128 Å². The number of rotatable bonds is 2. The second-order valence-electron chi connectivity index (χ2n) is 4.74. The van der Waals surface area contributed by atoms with Gasteiger partial charge in [-0.05, 0) is 18.9 Å². The number of aromatic carboxylic acids is 1. The molecule has 1 saturated heterocycles. The van der Waals surface area contributed by atoms with Gasteiger partial charge in [0.1, 0.15) is 15.7 Å². The van der Waals surface area contributed by atoms with Gasteiger partial charge < -0.3 is 10.0 Å². The van der Waals surface area contributed by atoms with Crippen molar-refractivity contribution in [2.24, 2.45) is 0 Å². The smallest absolute Gasteiger partial charge is 0.417 e. The van der Waals surface area contributed by atoms with Crippen molar-refractivity contribution in [2.45, 2.75) is 23.4 Å². The third-order valence-electron chi connectivity index (χ3n) is 3.22. The molecule has 1 aliphatic heterocycles. The molecule has 1 aromatic heterocycles. The highest BCUT2D eigenvalue weighted by molar-refractivity contribution is 6.48. The Hall–Kier alpha value is -1.21. The fourth-order valence-corrected chi connectivity index (χ4v) is 2.41. The number of carbonyl (C=O) groups is 1. The van der Waals surface area contributed by atoms with E-state index in [9.17, 15) is 18.0 Å². The topological polar surface area (TPSA) is 53.4 Å². The summed E-state index contributed by atoms with van der Waals surface area (Å²) >= 11 is 11.9. The van der Waals surface area contributed by atoms with Crippen LogP contribution in [-0.4, -0.2) is 33.5 Å². The molecular weight excluding hydrogens is 332 g/mol. The van der Waals surface area contributed by atoms with E-state index in [0.717, 1.165) is 0 Å². The van der Waals surface area contributed by atoms with Gasteiger partial charge in [0.25, 0.3) is 0 Å². The molecule has 21 heavy (non-hydrogen) atoms. The number of hydrogen-bond donors (Lipinski definition) is 1. The Morgan fingerprint density at radius 3 is 2.38 bits per heavy atom. The average molecular weight is 343 g/mol. The average Bonchev–Trinajstić information content (AvgIpc) is 2.37. The van der Waals surface area contributed by atoms with Crippen molar-refractivity contribution < 1.29 is 23.1 Å². The van der Waals surface area contributed by atoms with Gasteiger partial charge in [-0.3, -0.25) is 0 Å². The number of pyridine rings is 1.